The van der Waals surface area contributed by atoms with E-state index in [0.717, 1.165) is 28.1 Å². The molecule has 1 aromatic heterocycles. The Morgan fingerprint density at radius 2 is 1.76 bits per heavy atom. The van der Waals surface area contributed by atoms with Crippen LogP contribution in [-0.4, -0.2) is 35.6 Å². The second-order valence-electron chi connectivity index (χ2n) is 9.31. The van der Waals surface area contributed by atoms with Crippen molar-refractivity contribution in [2.45, 2.75) is 70.0 Å². The van der Waals surface area contributed by atoms with Gasteiger partial charge in [0.05, 0.1) is 5.92 Å². The van der Waals surface area contributed by atoms with Gasteiger partial charge in [0, 0.05) is 24.4 Å². The normalized spacial score (nSPS) is 23.1. The van der Waals surface area contributed by atoms with Crippen molar-refractivity contribution in [3.05, 3.63) is 46.9 Å². The number of hydrogen-bond donors (Lipinski definition) is 3. The van der Waals surface area contributed by atoms with E-state index in [-0.39, 0.29) is 42.8 Å². The van der Waals surface area contributed by atoms with Crippen molar-refractivity contribution in [2.24, 2.45) is 5.92 Å². The fourth-order valence-electron chi connectivity index (χ4n) is 5.18. The van der Waals surface area contributed by atoms with E-state index in [1.165, 1.54) is 12.1 Å². The molecule has 1 aliphatic carbocycles. The Morgan fingerprint density at radius 3 is 2.35 bits per heavy atom. The molecule has 1 unspecified atom stereocenters. The summed E-state index contributed by atoms with van der Waals surface area (Å²) in [4.78, 5) is 27.7. The summed E-state index contributed by atoms with van der Waals surface area (Å²) >= 11 is 0. The molecule has 3 N–H and O–H groups in total. The Morgan fingerprint density at radius 1 is 1.09 bits per heavy atom. The van der Waals surface area contributed by atoms with E-state index in [9.17, 15) is 27.2 Å². The number of alkyl halides is 3. The van der Waals surface area contributed by atoms with Gasteiger partial charge in [-0.25, -0.2) is 4.39 Å². The number of amides is 2. The van der Waals surface area contributed by atoms with Gasteiger partial charge in [-0.3, -0.25) is 9.59 Å². The molecule has 0 spiro atoms. The molecule has 0 bridgehead atoms. The van der Waals surface area contributed by atoms with Crippen molar-refractivity contribution in [2.75, 3.05) is 6.54 Å². The molecule has 2 heterocycles. The fraction of sp³-hybridized carbons (Fsp3) is 0.520. The standard InChI is InChI=1S/C25H29F4N3O2/c1-14-19(10-11-21(33)31-20-12-13-30-24(20)34)23(16-4-8-18(26)9-5-16)32-22(14)15-2-6-17(7-3-15)25(27,28)29/h4-5,8-9,15,17,20,32H,2-3,6-7,10-13H2,1H3,(H,30,34)(H,31,33). The predicted molar refractivity (Wildman–Crippen MR) is 120 cm³/mol. The zero-order chi connectivity index (χ0) is 24.5. The monoisotopic (exact) mass is 479 g/mol. The van der Waals surface area contributed by atoms with Gasteiger partial charge in [-0.15, -0.1) is 0 Å². The van der Waals surface area contributed by atoms with Gasteiger partial charge in [0.1, 0.15) is 11.9 Å². The second kappa shape index (κ2) is 9.80. The lowest BCUT2D eigenvalue weighted by Crippen LogP contribution is -2.40. The molecule has 2 aromatic rings. The van der Waals surface area contributed by atoms with E-state index in [2.05, 4.69) is 15.6 Å². The number of rotatable bonds is 6. The van der Waals surface area contributed by atoms with Crippen molar-refractivity contribution >= 4 is 11.8 Å². The number of halogens is 4. The minimum absolute atomic E-state index is 0.0254. The molecule has 1 aromatic carbocycles. The summed E-state index contributed by atoms with van der Waals surface area (Å²) < 4.78 is 52.9. The molecule has 2 aliphatic rings. The molecule has 34 heavy (non-hydrogen) atoms. The Balaban J connectivity index is 1.54. The summed E-state index contributed by atoms with van der Waals surface area (Å²) in [6.07, 6.45) is -1.98. The van der Waals surface area contributed by atoms with Gasteiger partial charge in [-0.05, 0) is 92.3 Å². The van der Waals surface area contributed by atoms with Gasteiger partial charge in [0.25, 0.3) is 0 Å². The number of aromatic nitrogens is 1. The number of aromatic amines is 1. The first-order chi connectivity index (χ1) is 16.1. The Kier molecular flexibility index (Phi) is 7.00. The molecule has 5 nitrogen and oxygen atoms in total. The molecule has 1 atom stereocenters. The molecule has 1 aliphatic heterocycles. The highest BCUT2D eigenvalue weighted by Gasteiger charge is 2.42. The van der Waals surface area contributed by atoms with Gasteiger partial charge >= 0.3 is 6.18 Å². The van der Waals surface area contributed by atoms with Crippen LogP contribution in [0.4, 0.5) is 17.6 Å². The highest BCUT2D eigenvalue weighted by molar-refractivity contribution is 5.89. The van der Waals surface area contributed by atoms with E-state index in [0.29, 0.717) is 32.2 Å². The number of H-pyrrole nitrogens is 1. The van der Waals surface area contributed by atoms with E-state index in [1.54, 1.807) is 12.1 Å². The van der Waals surface area contributed by atoms with E-state index >= 15 is 0 Å². The van der Waals surface area contributed by atoms with Crippen molar-refractivity contribution in [3.63, 3.8) is 0 Å². The van der Waals surface area contributed by atoms with Crippen LogP contribution in [0.5, 0.6) is 0 Å². The molecular formula is C25H29F4N3O2. The number of nitrogens with one attached hydrogen (secondary N) is 3. The molecule has 184 valence electrons. The Bertz CT molecular complexity index is 1040. The molecule has 0 radical (unpaired) electrons. The van der Waals surface area contributed by atoms with Crippen LogP contribution >= 0.6 is 0 Å². The number of hydrogen-bond acceptors (Lipinski definition) is 2. The summed E-state index contributed by atoms with van der Waals surface area (Å²) in [5.41, 5.74) is 4.24. The summed E-state index contributed by atoms with van der Waals surface area (Å²) in [7, 11) is 0. The average molecular weight is 480 g/mol. The number of carbonyl (C=O) groups excluding carboxylic acids is 2. The van der Waals surface area contributed by atoms with E-state index in [4.69, 9.17) is 0 Å². The molecule has 2 amide bonds. The van der Waals surface area contributed by atoms with Gasteiger partial charge < -0.3 is 15.6 Å². The maximum atomic E-state index is 13.5. The Hall–Kier alpha value is -2.84. The molecular weight excluding hydrogens is 450 g/mol. The average Bonchev–Trinajstić information content (AvgIpc) is 3.35. The summed E-state index contributed by atoms with van der Waals surface area (Å²) in [6.45, 7) is 2.46. The SMILES string of the molecule is Cc1c(C2CCC(C(F)(F)F)CC2)[nH]c(-c2ccc(F)cc2)c1CCC(=O)NC1CCNC1=O. The van der Waals surface area contributed by atoms with Gasteiger partial charge in [-0.1, -0.05) is 0 Å². The van der Waals surface area contributed by atoms with Crippen LogP contribution in [0.25, 0.3) is 11.3 Å². The third-order valence-corrected chi connectivity index (χ3v) is 7.14. The van der Waals surface area contributed by atoms with Gasteiger partial charge in [0.2, 0.25) is 11.8 Å². The topological polar surface area (TPSA) is 74.0 Å². The van der Waals surface area contributed by atoms with Gasteiger partial charge in [-0.2, -0.15) is 13.2 Å². The lowest BCUT2D eigenvalue weighted by atomic mass is 9.79. The highest BCUT2D eigenvalue weighted by atomic mass is 19.4. The molecule has 1 saturated heterocycles. The van der Waals surface area contributed by atoms with Crippen LogP contribution in [0.3, 0.4) is 0 Å². The molecule has 1 saturated carbocycles. The van der Waals surface area contributed by atoms with Crippen LogP contribution in [0.15, 0.2) is 24.3 Å². The molecule has 9 heteroatoms. The molecule has 4 rings (SSSR count). The summed E-state index contributed by atoms with van der Waals surface area (Å²) in [6, 6.07) is 5.49. The van der Waals surface area contributed by atoms with Crippen LogP contribution in [0.2, 0.25) is 0 Å². The maximum absolute atomic E-state index is 13.5. The lowest BCUT2D eigenvalue weighted by molar-refractivity contribution is -0.182. The summed E-state index contributed by atoms with van der Waals surface area (Å²) in [5, 5.41) is 5.44. The van der Waals surface area contributed by atoms with Crippen LogP contribution in [0, 0.1) is 18.7 Å². The second-order valence-corrected chi connectivity index (χ2v) is 9.31. The van der Waals surface area contributed by atoms with Crippen molar-refractivity contribution in [1.82, 2.24) is 15.6 Å². The zero-order valence-electron chi connectivity index (χ0n) is 19.0. The smallest absolute Gasteiger partial charge is 0.358 e. The predicted octanol–water partition coefficient (Wildman–Crippen LogP) is 4.90. The highest BCUT2D eigenvalue weighted by Crippen LogP contribution is 2.44. The van der Waals surface area contributed by atoms with E-state index < -0.39 is 18.1 Å². The Labute approximate surface area is 195 Å². The van der Waals surface area contributed by atoms with Gasteiger partial charge in [0.15, 0.2) is 0 Å². The number of carbonyl (C=O) groups is 2. The molecule has 2 fully saturated rings. The third kappa shape index (κ3) is 5.28. The van der Waals surface area contributed by atoms with Crippen LogP contribution < -0.4 is 10.6 Å². The lowest BCUT2D eigenvalue weighted by Gasteiger charge is -2.29. The van der Waals surface area contributed by atoms with Crippen molar-refractivity contribution < 1.29 is 27.2 Å². The first-order valence-electron chi connectivity index (χ1n) is 11.7. The summed E-state index contributed by atoms with van der Waals surface area (Å²) in [5.74, 6) is -2.07. The first kappa shape index (κ1) is 24.3. The minimum atomic E-state index is -4.16. The van der Waals surface area contributed by atoms with Crippen molar-refractivity contribution in [1.29, 1.82) is 0 Å². The largest absolute Gasteiger partial charge is 0.391 e. The number of benzene rings is 1. The fourth-order valence-corrected chi connectivity index (χ4v) is 5.18. The third-order valence-electron chi connectivity index (χ3n) is 7.14. The first-order valence-corrected chi connectivity index (χ1v) is 11.7. The van der Waals surface area contributed by atoms with Crippen LogP contribution in [0.1, 0.15) is 61.3 Å². The minimum Gasteiger partial charge on any atom is -0.358 e. The van der Waals surface area contributed by atoms with E-state index in [1.807, 2.05) is 6.92 Å². The maximum Gasteiger partial charge on any atom is 0.391 e. The zero-order valence-corrected chi connectivity index (χ0v) is 19.0. The van der Waals surface area contributed by atoms with Crippen LogP contribution in [-0.2, 0) is 16.0 Å². The van der Waals surface area contributed by atoms with Crippen molar-refractivity contribution in [3.8, 4) is 11.3 Å². The quantitative estimate of drug-likeness (QED) is 0.516.